The Labute approximate surface area is 150 Å². The van der Waals surface area contributed by atoms with Gasteiger partial charge in [-0.05, 0) is 63.3 Å². The van der Waals surface area contributed by atoms with Crippen LogP contribution in [-0.2, 0) is 0 Å². The van der Waals surface area contributed by atoms with Crippen molar-refractivity contribution in [3.05, 3.63) is 6.07 Å². The van der Waals surface area contributed by atoms with Gasteiger partial charge in [0, 0.05) is 37.8 Å². The molecule has 1 aromatic heterocycles. The summed E-state index contributed by atoms with van der Waals surface area (Å²) in [6.07, 6.45) is 8.31. The van der Waals surface area contributed by atoms with Crippen LogP contribution >= 0.6 is 0 Å². The van der Waals surface area contributed by atoms with Crippen molar-refractivity contribution < 1.29 is 0 Å². The van der Waals surface area contributed by atoms with Crippen LogP contribution < -0.4 is 16.0 Å². The number of rotatable bonds is 3. The monoisotopic (exact) mass is 342 g/mol. The van der Waals surface area contributed by atoms with Gasteiger partial charge in [-0.25, -0.2) is 0 Å². The number of aromatic nitrogens is 2. The van der Waals surface area contributed by atoms with Crippen LogP contribution in [0.15, 0.2) is 6.07 Å². The van der Waals surface area contributed by atoms with Crippen LogP contribution in [0.4, 0.5) is 17.6 Å². The molecule has 4 bridgehead atoms. The second kappa shape index (κ2) is 5.73. The average molecular weight is 342 g/mol. The highest BCUT2D eigenvalue weighted by Crippen LogP contribution is 2.56. The van der Waals surface area contributed by atoms with E-state index in [-0.39, 0.29) is 5.54 Å². The van der Waals surface area contributed by atoms with Crippen molar-refractivity contribution >= 4 is 17.6 Å². The smallest absolute Gasteiger partial charge is 0.223 e. The molecule has 0 unspecified atom stereocenters. The van der Waals surface area contributed by atoms with Crippen molar-refractivity contribution in [1.29, 1.82) is 0 Å². The molecule has 0 amide bonds. The number of piperazine rings is 1. The Kier molecular flexibility index (Phi) is 3.59. The van der Waals surface area contributed by atoms with E-state index in [0.29, 0.717) is 5.95 Å². The second-order valence-electron chi connectivity index (χ2n) is 9.08. The molecule has 6 rings (SSSR count). The van der Waals surface area contributed by atoms with E-state index in [1.54, 1.807) is 0 Å². The molecular formula is C19H30N6. The molecule has 0 spiro atoms. The number of likely N-dealkylation sites (N-methyl/N-ethyl adjacent to an activating group) is 1. The van der Waals surface area contributed by atoms with E-state index in [2.05, 4.69) is 38.2 Å². The van der Waals surface area contributed by atoms with Crippen molar-refractivity contribution in [3.8, 4) is 0 Å². The Morgan fingerprint density at radius 1 is 1.00 bits per heavy atom. The van der Waals surface area contributed by atoms with Crippen LogP contribution in [0.1, 0.15) is 38.5 Å². The normalized spacial score (nSPS) is 37.5. The number of anilines is 3. The third-order valence-corrected chi connectivity index (χ3v) is 6.99. The van der Waals surface area contributed by atoms with Crippen LogP contribution in [0.2, 0.25) is 0 Å². The first-order chi connectivity index (χ1) is 12.1. The fourth-order valence-corrected chi connectivity index (χ4v) is 6.25. The topological polar surface area (TPSA) is 70.3 Å². The summed E-state index contributed by atoms with van der Waals surface area (Å²) in [6, 6.07) is 2.13. The lowest BCUT2D eigenvalue weighted by atomic mass is 9.53. The SMILES string of the molecule is CN1CCN(c2cc(NC34CC5CC(CC(C5)C3)C4)nc(N)n2)CC1. The average Bonchev–Trinajstić information content (AvgIpc) is 2.53. The molecule has 2 heterocycles. The van der Waals surface area contributed by atoms with Crippen molar-refractivity contribution in [2.45, 2.75) is 44.1 Å². The van der Waals surface area contributed by atoms with E-state index in [1.165, 1.54) is 38.5 Å². The van der Waals surface area contributed by atoms with E-state index in [4.69, 9.17) is 5.73 Å². The number of nitrogens with zero attached hydrogens (tertiary/aromatic N) is 4. The number of nitrogens with one attached hydrogen (secondary N) is 1. The van der Waals surface area contributed by atoms with Crippen LogP contribution in [0.25, 0.3) is 0 Å². The lowest BCUT2D eigenvalue weighted by Crippen LogP contribution is -2.55. The third kappa shape index (κ3) is 2.94. The fourth-order valence-electron chi connectivity index (χ4n) is 6.25. The van der Waals surface area contributed by atoms with Gasteiger partial charge in [-0.3, -0.25) is 0 Å². The summed E-state index contributed by atoms with van der Waals surface area (Å²) in [5.74, 6) is 5.08. The molecule has 5 fully saturated rings. The molecule has 136 valence electrons. The summed E-state index contributed by atoms with van der Waals surface area (Å²) >= 11 is 0. The molecule has 6 heteroatoms. The number of nitrogens with two attached hydrogens (primary N) is 1. The Balaban J connectivity index is 1.37. The van der Waals surface area contributed by atoms with Crippen molar-refractivity contribution in [2.75, 3.05) is 49.2 Å². The molecule has 0 radical (unpaired) electrons. The summed E-state index contributed by atoms with van der Waals surface area (Å²) in [5.41, 5.74) is 6.32. The molecule has 1 saturated heterocycles. The zero-order chi connectivity index (χ0) is 17.0. The molecule has 3 N–H and O–H groups in total. The summed E-state index contributed by atoms with van der Waals surface area (Å²) in [7, 11) is 2.17. The number of hydrogen-bond acceptors (Lipinski definition) is 6. The molecule has 1 aliphatic heterocycles. The van der Waals surface area contributed by atoms with E-state index in [9.17, 15) is 0 Å². The van der Waals surface area contributed by atoms with Crippen LogP contribution in [0.3, 0.4) is 0 Å². The standard InChI is InChI=1S/C19H30N6/c1-24-2-4-25(5-3-24)17-9-16(21-18(20)22-17)23-19-10-13-6-14(11-19)8-15(7-13)12-19/h9,13-15H,2-8,10-12H2,1H3,(H3,20,21,22,23). The molecule has 0 atom stereocenters. The van der Waals surface area contributed by atoms with Gasteiger partial charge in [-0.15, -0.1) is 0 Å². The molecule has 4 saturated carbocycles. The van der Waals surface area contributed by atoms with E-state index >= 15 is 0 Å². The van der Waals surface area contributed by atoms with Gasteiger partial charge < -0.3 is 20.9 Å². The van der Waals surface area contributed by atoms with Gasteiger partial charge in [0.1, 0.15) is 11.6 Å². The maximum Gasteiger partial charge on any atom is 0.223 e. The first-order valence-corrected chi connectivity index (χ1v) is 9.93. The van der Waals surface area contributed by atoms with Gasteiger partial charge in [-0.1, -0.05) is 0 Å². The number of hydrogen-bond donors (Lipinski definition) is 2. The fraction of sp³-hybridized carbons (Fsp3) is 0.789. The van der Waals surface area contributed by atoms with Gasteiger partial charge in [0.15, 0.2) is 0 Å². The van der Waals surface area contributed by atoms with E-state index in [1.807, 2.05) is 0 Å². The third-order valence-electron chi connectivity index (χ3n) is 6.99. The first-order valence-electron chi connectivity index (χ1n) is 9.93. The predicted octanol–water partition coefficient (Wildman–Crippen LogP) is 2.19. The minimum absolute atomic E-state index is 0.259. The van der Waals surface area contributed by atoms with E-state index in [0.717, 1.165) is 55.6 Å². The summed E-state index contributed by atoms with van der Waals surface area (Å²) < 4.78 is 0. The van der Waals surface area contributed by atoms with Gasteiger partial charge in [0.25, 0.3) is 0 Å². The minimum atomic E-state index is 0.259. The Hall–Kier alpha value is -1.56. The molecular weight excluding hydrogens is 312 g/mol. The molecule has 5 aliphatic rings. The lowest BCUT2D eigenvalue weighted by molar-refractivity contribution is 0.0105. The van der Waals surface area contributed by atoms with Crippen molar-refractivity contribution in [3.63, 3.8) is 0 Å². The minimum Gasteiger partial charge on any atom is -0.368 e. The van der Waals surface area contributed by atoms with Gasteiger partial charge in [0.05, 0.1) is 0 Å². The van der Waals surface area contributed by atoms with Crippen LogP contribution in [0, 0.1) is 17.8 Å². The molecule has 4 aliphatic carbocycles. The zero-order valence-corrected chi connectivity index (χ0v) is 15.2. The predicted molar refractivity (Wildman–Crippen MR) is 101 cm³/mol. The summed E-state index contributed by atoms with van der Waals surface area (Å²) in [4.78, 5) is 13.7. The highest BCUT2D eigenvalue weighted by atomic mass is 15.3. The van der Waals surface area contributed by atoms with Crippen molar-refractivity contribution in [1.82, 2.24) is 14.9 Å². The maximum absolute atomic E-state index is 6.06. The van der Waals surface area contributed by atoms with E-state index < -0.39 is 0 Å². The largest absolute Gasteiger partial charge is 0.368 e. The first kappa shape index (κ1) is 15.7. The Morgan fingerprint density at radius 2 is 1.60 bits per heavy atom. The molecule has 1 aromatic rings. The second-order valence-corrected chi connectivity index (χ2v) is 9.08. The van der Waals surface area contributed by atoms with Crippen molar-refractivity contribution in [2.24, 2.45) is 17.8 Å². The Bertz CT molecular complexity index is 616. The molecule has 0 aromatic carbocycles. The van der Waals surface area contributed by atoms with Gasteiger partial charge >= 0.3 is 0 Å². The molecule has 25 heavy (non-hydrogen) atoms. The number of nitrogen functional groups attached to an aromatic ring is 1. The quantitative estimate of drug-likeness (QED) is 0.877. The van der Waals surface area contributed by atoms with Crippen LogP contribution in [-0.4, -0.2) is 53.6 Å². The van der Waals surface area contributed by atoms with Gasteiger partial charge in [-0.2, -0.15) is 9.97 Å². The summed E-state index contributed by atoms with van der Waals surface area (Å²) in [6.45, 7) is 4.15. The summed E-state index contributed by atoms with van der Waals surface area (Å²) in [5, 5.41) is 3.85. The highest BCUT2D eigenvalue weighted by Gasteiger charge is 2.51. The van der Waals surface area contributed by atoms with Crippen LogP contribution in [0.5, 0.6) is 0 Å². The van der Waals surface area contributed by atoms with Gasteiger partial charge in [0.2, 0.25) is 5.95 Å². The highest BCUT2D eigenvalue weighted by molar-refractivity contribution is 5.54. The maximum atomic E-state index is 6.06. The zero-order valence-electron chi connectivity index (χ0n) is 15.2. The lowest BCUT2D eigenvalue weighted by Gasteiger charge is -2.57. The molecule has 6 nitrogen and oxygen atoms in total. The Morgan fingerprint density at radius 3 is 2.20 bits per heavy atom.